The molecule has 1 N–H and O–H groups in total. The summed E-state index contributed by atoms with van der Waals surface area (Å²) in [5, 5.41) is 9.68. The van der Waals surface area contributed by atoms with E-state index in [1.54, 1.807) is 26.1 Å². The Hall–Kier alpha value is -1.75. The molecule has 6 heteroatoms. The molecular formula is C14H19ClN2O3. The molecule has 0 aromatic heterocycles. The highest BCUT2D eigenvalue weighted by atomic mass is 35.5. The van der Waals surface area contributed by atoms with Crippen molar-refractivity contribution < 1.29 is 14.7 Å². The minimum absolute atomic E-state index is 0.334. The number of carboxylic acid groups (broad SMARTS) is 1. The topological polar surface area (TPSA) is 60.9 Å². The summed E-state index contributed by atoms with van der Waals surface area (Å²) in [5.74, 6) is -1.00. The number of carboxylic acids is 1. The second-order valence-corrected chi connectivity index (χ2v) is 5.08. The molecular weight excluding hydrogens is 280 g/mol. The first kappa shape index (κ1) is 16.3. The van der Waals surface area contributed by atoms with Gasteiger partial charge in [-0.3, -0.25) is 0 Å². The number of hydrogen-bond acceptors (Lipinski definition) is 2. The van der Waals surface area contributed by atoms with Crippen LogP contribution in [-0.4, -0.2) is 47.0 Å². The van der Waals surface area contributed by atoms with Gasteiger partial charge in [0, 0.05) is 25.7 Å². The van der Waals surface area contributed by atoms with Crippen LogP contribution < -0.4 is 0 Å². The van der Waals surface area contributed by atoms with E-state index in [1.807, 2.05) is 12.1 Å². The summed E-state index contributed by atoms with van der Waals surface area (Å²) in [4.78, 5) is 26.0. The molecule has 0 radical (unpaired) electrons. The zero-order valence-electron chi connectivity index (χ0n) is 11.8. The third-order valence-corrected chi connectivity index (χ3v) is 3.31. The molecule has 0 aliphatic heterocycles. The van der Waals surface area contributed by atoms with Crippen molar-refractivity contribution in [3.63, 3.8) is 0 Å². The fourth-order valence-electron chi connectivity index (χ4n) is 1.99. The van der Waals surface area contributed by atoms with Crippen molar-refractivity contribution in [1.82, 2.24) is 9.80 Å². The van der Waals surface area contributed by atoms with E-state index in [9.17, 15) is 9.59 Å². The minimum Gasteiger partial charge on any atom is -0.480 e. The van der Waals surface area contributed by atoms with Gasteiger partial charge in [-0.1, -0.05) is 30.7 Å². The highest BCUT2D eigenvalue weighted by molar-refractivity contribution is 6.30. The van der Waals surface area contributed by atoms with Crippen LogP contribution in [0.4, 0.5) is 4.79 Å². The van der Waals surface area contributed by atoms with Crippen molar-refractivity contribution in [3.8, 4) is 0 Å². The van der Waals surface area contributed by atoms with Gasteiger partial charge in [0.25, 0.3) is 0 Å². The van der Waals surface area contributed by atoms with E-state index in [-0.39, 0.29) is 6.03 Å². The molecule has 0 aliphatic carbocycles. The van der Waals surface area contributed by atoms with Gasteiger partial charge in [-0.25, -0.2) is 9.59 Å². The third-order valence-electron chi connectivity index (χ3n) is 3.08. The maximum atomic E-state index is 12.2. The Morgan fingerprint density at radius 3 is 2.50 bits per heavy atom. The van der Waals surface area contributed by atoms with E-state index < -0.39 is 12.0 Å². The normalized spacial score (nSPS) is 11.8. The van der Waals surface area contributed by atoms with Crippen molar-refractivity contribution in [2.24, 2.45) is 0 Å². The molecule has 0 heterocycles. The van der Waals surface area contributed by atoms with Gasteiger partial charge in [-0.05, 0) is 24.1 Å². The number of halogens is 1. The van der Waals surface area contributed by atoms with Crippen LogP contribution in [0.15, 0.2) is 24.3 Å². The third kappa shape index (κ3) is 4.13. The summed E-state index contributed by atoms with van der Waals surface area (Å²) in [5.41, 5.74) is 0.894. The number of rotatable bonds is 5. The van der Waals surface area contributed by atoms with Gasteiger partial charge < -0.3 is 14.9 Å². The highest BCUT2D eigenvalue weighted by Gasteiger charge is 2.26. The number of benzene rings is 1. The van der Waals surface area contributed by atoms with E-state index in [0.717, 1.165) is 5.56 Å². The summed E-state index contributed by atoms with van der Waals surface area (Å²) >= 11 is 5.89. The Balaban J connectivity index is 2.73. The second-order valence-electron chi connectivity index (χ2n) is 4.64. The number of aliphatic carboxylic acids is 1. The Kier molecular flexibility index (Phi) is 5.82. The molecule has 0 saturated carbocycles. The molecule has 0 aliphatic rings. The number of urea groups is 1. The van der Waals surface area contributed by atoms with Crippen LogP contribution in [0.2, 0.25) is 5.02 Å². The van der Waals surface area contributed by atoms with Crippen molar-refractivity contribution in [3.05, 3.63) is 34.9 Å². The predicted octanol–water partition coefficient (Wildman–Crippen LogP) is 2.69. The van der Waals surface area contributed by atoms with Crippen LogP contribution in [0.5, 0.6) is 0 Å². The lowest BCUT2D eigenvalue weighted by Crippen LogP contribution is -2.47. The molecule has 5 nitrogen and oxygen atoms in total. The fraction of sp³-hybridized carbons (Fsp3) is 0.429. The summed E-state index contributed by atoms with van der Waals surface area (Å²) in [6.07, 6.45) is 0.364. The monoisotopic (exact) mass is 298 g/mol. The van der Waals surface area contributed by atoms with Gasteiger partial charge in [-0.2, -0.15) is 0 Å². The van der Waals surface area contributed by atoms with Crippen LogP contribution in [0.3, 0.4) is 0 Å². The second kappa shape index (κ2) is 7.14. The van der Waals surface area contributed by atoms with Gasteiger partial charge in [-0.15, -0.1) is 0 Å². The average molecular weight is 299 g/mol. The summed E-state index contributed by atoms with van der Waals surface area (Å²) in [7, 11) is 3.13. The summed E-state index contributed by atoms with van der Waals surface area (Å²) in [6, 6.07) is 6.07. The maximum Gasteiger partial charge on any atom is 0.326 e. The highest BCUT2D eigenvalue weighted by Crippen LogP contribution is 2.13. The lowest BCUT2D eigenvalue weighted by atomic mass is 10.2. The number of carbonyl (C=O) groups excluding carboxylic acids is 1. The van der Waals surface area contributed by atoms with Gasteiger partial charge in [0.05, 0.1) is 0 Å². The maximum absolute atomic E-state index is 12.2. The molecule has 2 amide bonds. The molecule has 0 spiro atoms. The molecule has 20 heavy (non-hydrogen) atoms. The molecule has 110 valence electrons. The van der Waals surface area contributed by atoms with Crippen LogP contribution in [-0.2, 0) is 11.3 Å². The molecule has 0 bridgehead atoms. The molecule has 0 fully saturated rings. The molecule has 1 rings (SSSR count). The Bertz CT molecular complexity index is 493. The first-order valence-electron chi connectivity index (χ1n) is 6.32. The molecule has 0 saturated heterocycles. The zero-order valence-corrected chi connectivity index (χ0v) is 12.6. The number of carbonyl (C=O) groups is 2. The Labute approximate surface area is 123 Å². The SMILES string of the molecule is CCC(C(=O)O)N(C)C(=O)N(C)Cc1cccc(Cl)c1. The van der Waals surface area contributed by atoms with Crippen LogP contribution in [0, 0.1) is 0 Å². The summed E-state index contributed by atoms with van der Waals surface area (Å²) in [6.45, 7) is 2.11. The van der Waals surface area contributed by atoms with Gasteiger partial charge >= 0.3 is 12.0 Å². The lowest BCUT2D eigenvalue weighted by molar-refractivity contribution is -0.142. The fourth-order valence-corrected chi connectivity index (χ4v) is 2.21. The summed E-state index contributed by atoms with van der Waals surface area (Å²) < 4.78 is 0. The molecule has 1 aromatic rings. The van der Waals surface area contributed by atoms with Crippen molar-refractivity contribution in [2.75, 3.05) is 14.1 Å². The standard InChI is InChI=1S/C14H19ClN2O3/c1-4-12(13(18)19)17(3)14(20)16(2)9-10-6-5-7-11(15)8-10/h5-8,12H,4,9H2,1-3H3,(H,18,19). The van der Waals surface area contributed by atoms with Gasteiger partial charge in [0.15, 0.2) is 0 Å². The number of likely N-dealkylation sites (N-methyl/N-ethyl adjacent to an activating group) is 1. The Morgan fingerprint density at radius 1 is 1.35 bits per heavy atom. The van der Waals surface area contributed by atoms with E-state index in [2.05, 4.69) is 0 Å². The first-order chi connectivity index (χ1) is 9.36. The van der Waals surface area contributed by atoms with E-state index in [0.29, 0.717) is 18.0 Å². The van der Waals surface area contributed by atoms with Crippen LogP contribution in [0.25, 0.3) is 0 Å². The lowest BCUT2D eigenvalue weighted by Gasteiger charge is -2.29. The molecule has 1 atom stereocenters. The zero-order chi connectivity index (χ0) is 15.3. The van der Waals surface area contributed by atoms with E-state index in [1.165, 1.54) is 16.8 Å². The van der Waals surface area contributed by atoms with E-state index in [4.69, 9.17) is 16.7 Å². The Morgan fingerprint density at radius 2 is 2.00 bits per heavy atom. The smallest absolute Gasteiger partial charge is 0.326 e. The van der Waals surface area contributed by atoms with Gasteiger partial charge in [0.1, 0.15) is 6.04 Å². The van der Waals surface area contributed by atoms with Crippen molar-refractivity contribution in [2.45, 2.75) is 25.9 Å². The van der Waals surface area contributed by atoms with Crippen molar-refractivity contribution >= 4 is 23.6 Å². The molecule has 1 aromatic carbocycles. The quantitative estimate of drug-likeness (QED) is 0.909. The molecule has 1 unspecified atom stereocenters. The van der Waals surface area contributed by atoms with E-state index >= 15 is 0 Å². The number of amides is 2. The largest absolute Gasteiger partial charge is 0.480 e. The van der Waals surface area contributed by atoms with Crippen LogP contribution in [0.1, 0.15) is 18.9 Å². The minimum atomic E-state index is -1.00. The van der Waals surface area contributed by atoms with Crippen molar-refractivity contribution in [1.29, 1.82) is 0 Å². The number of nitrogens with zero attached hydrogens (tertiary/aromatic N) is 2. The first-order valence-corrected chi connectivity index (χ1v) is 6.69. The number of hydrogen-bond donors (Lipinski definition) is 1. The van der Waals surface area contributed by atoms with Gasteiger partial charge in [0.2, 0.25) is 0 Å². The van der Waals surface area contributed by atoms with Crippen LogP contribution >= 0.6 is 11.6 Å². The predicted molar refractivity (Wildman–Crippen MR) is 77.8 cm³/mol. The average Bonchev–Trinajstić information content (AvgIpc) is 2.38.